The van der Waals surface area contributed by atoms with Gasteiger partial charge in [0.2, 0.25) is 5.91 Å². The molecule has 146 valence electrons. The summed E-state index contributed by atoms with van der Waals surface area (Å²) in [5, 5.41) is 9.56. The number of nitrogens with zero attached hydrogens (tertiary/aromatic N) is 2. The van der Waals surface area contributed by atoms with Gasteiger partial charge in [-0.3, -0.25) is 14.5 Å². The van der Waals surface area contributed by atoms with Crippen molar-refractivity contribution in [3.8, 4) is 0 Å². The zero-order valence-electron chi connectivity index (χ0n) is 15.9. The summed E-state index contributed by atoms with van der Waals surface area (Å²) in [5.74, 6) is -2.24. The van der Waals surface area contributed by atoms with Gasteiger partial charge in [0.25, 0.3) is 0 Å². The molecular weight excluding hydrogens is 347 g/mol. The van der Waals surface area contributed by atoms with E-state index in [1.807, 2.05) is 18.7 Å². The maximum absolute atomic E-state index is 13.0. The number of halogens is 1. The molecule has 1 aromatic carbocycles. The number of piperazine rings is 1. The molecule has 2 aliphatic rings. The zero-order valence-corrected chi connectivity index (χ0v) is 15.9. The molecule has 0 bridgehead atoms. The number of carboxylic acid groups (broad SMARTS) is 1. The number of hydrogen-bond acceptors (Lipinski definition) is 3. The Morgan fingerprint density at radius 2 is 1.56 bits per heavy atom. The van der Waals surface area contributed by atoms with Gasteiger partial charge >= 0.3 is 5.97 Å². The normalized spacial score (nSPS) is 24.2. The first kappa shape index (κ1) is 19.5. The summed E-state index contributed by atoms with van der Waals surface area (Å²) < 4.78 is 13.0. The minimum atomic E-state index is -0.879. The molecule has 27 heavy (non-hydrogen) atoms. The number of rotatable bonds is 4. The lowest BCUT2D eigenvalue weighted by Crippen LogP contribution is -2.51. The average Bonchev–Trinajstić information content (AvgIpc) is 2.65. The Labute approximate surface area is 159 Å². The lowest BCUT2D eigenvalue weighted by atomic mass is 9.76. The van der Waals surface area contributed by atoms with Crippen molar-refractivity contribution in [1.29, 1.82) is 0 Å². The topological polar surface area (TPSA) is 60.9 Å². The summed E-state index contributed by atoms with van der Waals surface area (Å²) in [4.78, 5) is 28.7. The van der Waals surface area contributed by atoms with Crippen LogP contribution in [0.25, 0.3) is 0 Å². The third-order valence-corrected chi connectivity index (χ3v) is 5.90. The Kier molecular flexibility index (Phi) is 5.95. The third-order valence-electron chi connectivity index (χ3n) is 5.90. The SMILES string of the molecule is CC1=C(C)C[C@@H](C(=O)N2CCN(Cc3ccc(F)cc3)CC2)[C@@H](C(=O)O)C1. The molecule has 0 aromatic heterocycles. The van der Waals surface area contributed by atoms with Gasteiger partial charge < -0.3 is 10.0 Å². The van der Waals surface area contributed by atoms with Crippen molar-refractivity contribution in [1.82, 2.24) is 9.80 Å². The zero-order chi connectivity index (χ0) is 19.6. The van der Waals surface area contributed by atoms with Crippen LogP contribution >= 0.6 is 0 Å². The number of hydrogen-bond donors (Lipinski definition) is 1. The molecule has 1 N–H and O–H groups in total. The highest BCUT2D eigenvalue weighted by molar-refractivity contribution is 5.85. The van der Waals surface area contributed by atoms with Crippen molar-refractivity contribution in [2.45, 2.75) is 33.2 Å². The van der Waals surface area contributed by atoms with Gasteiger partial charge in [-0.25, -0.2) is 4.39 Å². The Morgan fingerprint density at radius 3 is 2.11 bits per heavy atom. The van der Waals surface area contributed by atoms with E-state index in [9.17, 15) is 19.1 Å². The summed E-state index contributed by atoms with van der Waals surface area (Å²) in [6.45, 7) is 7.36. The van der Waals surface area contributed by atoms with Crippen molar-refractivity contribution >= 4 is 11.9 Å². The van der Waals surface area contributed by atoms with Crippen LogP contribution in [0.3, 0.4) is 0 Å². The lowest BCUT2D eigenvalue weighted by Gasteiger charge is -2.38. The fourth-order valence-corrected chi connectivity index (χ4v) is 4.02. The van der Waals surface area contributed by atoms with E-state index in [-0.39, 0.29) is 11.7 Å². The molecule has 6 heteroatoms. The minimum absolute atomic E-state index is 0.0318. The molecule has 3 rings (SSSR count). The maximum Gasteiger partial charge on any atom is 0.307 e. The van der Waals surface area contributed by atoms with Gasteiger partial charge in [-0.2, -0.15) is 0 Å². The number of carbonyl (C=O) groups is 2. The minimum Gasteiger partial charge on any atom is -0.481 e. The number of allylic oxidation sites excluding steroid dienone is 2. The van der Waals surface area contributed by atoms with Crippen LogP contribution < -0.4 is 0 Å². The second-order valence-electron chi connectivity index (χ2n) is 7.75. The van der Waals surface area contributed by atoms with Crippen LogP contribution in [-0.2, 0) is 16.1 Å². The molecule has 2 atom stereocenters. The molecule has 5 nitrogen and oxygen atoms in total. The Bertz CT molecular complexity index is 736. The summed E-state index contributed by atoms with van der Waals surface area (Å²) in [6, 6.07) is 6.48. The summed E-state index contributed by atoms with van der Waals surface area (Å²) >= 11 is 0. The van der Waals surface area contributed by atoms with E-state index in [4.69, 9.17) is 0 Å². The van der Waals surface area contributed by atoms with Crippen molar-refractivity contribution in [2.75, 3.05) is 26.2 Å². The van der Waals surface area contributed by atoms with Gasteiger partial charge in [0.05, 0.1) is 11.8 Å². The molecular formula is C21H27FN2O3. The van der Waals surface area contributed by atoms with Gasteiger partial charge in [0, 0.05) is 32.7 Å². The van der Waals surface area contributed by atoms with Crippen molar-refractivity contribution in [3.05, 3.63) is 46.8 Å². The van der Waals surface area contributed by atoms with Gasteiger partial charge in [-0.05, 0) is 44.4 Å². The van der Waals surface area contributed by atoms with Gasteiger partial charge in [-0.1, -0.05) is 23.3 Å². The van der Waals surface area contributed by atoms with E-state index in [1.54, 1.807) is 12.1 Å². The molecule has 1 fully saturated rings. The highest BCUT2D eigenvalue weighted by atomic mass is 19.1. The predicted octanol–water partition coefficient (Wildman–Crippen LogP) is 2.92. The van der Waals surface area contributed by atoms with Crippen molar-refractivity contribution in [2.24, 2.45) is 11.8 Å². The van der Waals surface area contributed by atoms with Crippen LogP contribution in [0.5, 0.6) is 0 Å². The van der Waals surface area contributed by atoms with Crippen LogP contribution in [0.2, 0.25) is 0 Å². The van der Waals surface area contributed by atoms with Crippen LogP contribution in [0, 0.1) is 17.7 Å². The van der Waals surface area contributed by atoms with E-state index < -0.39 is 17.8 Å². The molecule has 1 saturated heterocycles. The number of carbonyl (C=O) groups excluding carboxylic acids is 1. The first-order valence-electron chi connectivity index (χ1n) is 9.48. The summed E-state index contributed by atoms with van der Waals surface area (Å²) in [7, 11) is 0. The first-order chi connectivity index (χ1) is 12.8. The summed E-state index contributed by atoms with van der Waals surface area (Å²) in [6.07, 6.45) is 1.000. The van der Waals surface area contributed by atoms with E-state index in [1.165, 1.54) is 12.1 Å². The standard InChI is InChI=1S/C21H27FN2O3/c1-14-11-18(19(21(26)27)12-15(14)2)20(25)24-9-7-23(8-10-24)13-16-3-5-17(22)6-4-16/h3-6,18-19H,7-13H2,1-2H3,(H,26,27)/t18-,19+/m1/s1. The van der Waals surface area contributed by atoms with Crippen LogP contribution in [0.15, 0.2) is 35.4 Å². The van der Waals surface area contributed by atoms with Gasteiger partial charge in [-0.15, -0.1) is 0 Å². The molecule has 0 unspecified atom stereocenters. The molecule has 1 amide bonds. The Morgan fingerprint density at radius 1 is 1.00 bits per heavy atom. The largest absolute Gasteiger partial charge is 0.481 e. The number of aliphatic carboxylic acids is 1. The number of benzene rings is 1. The Hall–Kier alpha value is -2.21. The summed E-state index contributed by atoms with van der Waals surface area (Å²) in [5.41, 5.74) is 3.28. The predicted molar refractivity (Wildman–Crippen MR) is 100 cm³/mol. The van der Waals surface area contributed by atoms with Crippen molar-refractivity contribution in [3.63, 3.8) is 0 Å². The molecule has 1 heterocycles. The first-order valence-corrected chi connectivity index (χ1v) is 9.48. The second kappa shape index (κ2) is 8.21. The van der Waals surface area contributed by atoms with Gasteiger partial charge in [0.1, 0.15) is 5.82 Å². The van der Waals surface area contributed by atoms with Crippen LogP contribution in [0.4, 0.5) is 4.39 Å². The smallest absolute Gasteiger partial charge is 0.307 e. The monoisotopic (exact) mass is 374 g/mol. The highest BCUT2D eigenvalue weighted by Crippen LogP contribution is 2.35. The molecule has 0 radical (unpaired) electrons. The molecule has 1 aliphatic heterocycles. The maximum atomic E-state index is 13.0. The fourth-order valence-electron chi connectivity index (χ4n) is 4.02. The second-order valence-corrected chi connectivity index (χ2v) is 7.75. The third kappa shape index (κ3) is 4.56. The lowest BCUT2D eigenvalue weighted by molar-refractivity contribution is -0.151. The van der Waals surface area contributed by atoms with E-state index in [0.29, 0.717) is 25.9 Å². The quantitative estimate of drug-likeness (QED) is 0.824. The van der Waals surface area contributed by atoms with E-state index in [0.717, 1.165) is 36.3 Å². The number of amides is 1. The number of carboxylic acids is 1. The van der Waals surface area contributed by atoms with Crippen molar-refractivity contribution < 1.29 is 19.1 Å². The Balaban J connectivity index is 1.59. The van der Waals surface area contributed by atoms with Crippen LogP contribution in [0.1, 0.15) is 32.3 Å². The van der Waals surface area contributed by atoms with Crippen LogP contribution in [-0.4, -0.2) is 53.0 Å². The van der Waals surface area contributed by atoms with Gasteiger partial charge in [0.15, 0.2) is 0 Å². The average molecular weight is 374 g/mol. The molecule has 0 saturated carbocycles. The molecule has 1 aromatic rings. The van der Waals surface area contributed by atoms with E-state index in [2.05, 4.69) is 4.90 Å². The highest BCUT2D eigenvalue weighted by Gasteiger charge is 2.39. The molecule has 0 spiro atoms. The molecule has 1 aliphatic carbocycles. The van der Waals surface area contributed by atoms with E-state index >= 15 is 0 Å². The fraction of sp³-hybridized carbons (Fsp3) is 0.524.